The van der Waals surface area contributed by atoms with Gasteiger partial charge in [-0.25, -0.2) is 4.79 Å². The summed E-state index contributed by atoms with van der Waals surface area (Å²) in [4.78, 5) is 23.6. The maximum Gasteiger partial charge on any atom is 0.326 e. The largest absolute Gasteiger partial charge is 0.480 e. The van der Waals surface area contributed by atoms with Gasteiger partial charge in [-0.3, -0.25) is 4.79 Å². The first-order chi connectivity index (χ1) is 8.96. The molecule has 1 aliphatic rings. The third-order valence-corrected chi connectivity index (χ3v) is 4.09. The fraction of sp³-hybridized carbons (Fsp3) is 0.846. The second kappa shape index (κ2) is 6.86. The van der Waals surface area contributed by atoms with Crippen LogP contribution in [0, 0.1) is 11.3 Å². The lowest BCUT2D eigenvalue weighted by molar-refractivity contribution is -0.147. The Bertz CT molecular complexity index is 327. The molecule has 19 heavy (non-hydrogen) atoms. The molecule has 0 bridgehead atoms. The van der Waals surface area contributed by atoms with Crippen LogP contribution < -0.4 is 11.1 Å². The predicted octanol–water partition coefficient (Wildman–Crippen LogP) is 0.357. The number of carbonyl (C=O) groups is 2. The maximum atomic E-state index is 12.4. The van der Waals surface area contributed by atoms with Crippen molar-refractivity contribution in [2.45, 2.75) is 39.2 Å². The SMILES string of the molecule is CCC(C)C(NC(=O)C1(CN)CCOCC1)C(=O)O. The normalized spacial score (nSPS) is 21.4. The number of hydrogen-bond acceptors (Lipinski definition) is 4. The van der Waals surface area contributed by atoms with Gasteiger partial charge in [-0.05, 0) is 18.8 Å². The Labute approximate surface area is 113 Å². The van der Waals surface area contributed by atoms with Gasteiger partial charge in [-0.1, -0.05) is 20.3 Å². The molecule has 0 spiro atoms. The molecule has 0 radical (unpaired) electrons. The van der Waals surface area contributed by atoms with Crippen LogP contribution in [0.15, 0.2) is 0 Å². The average molecular weight is 272 g/mol. The monoisotopic (exact) mass is 272 g/mol. The summed E-state index contributed by atoms with van der Waals surface area (Å²) in [5, 5.41) is 11.9. The van der Waals surface area contributed by atoms with E-state index >= 15 is 0 Å². The van der Waals surface area contributed by atoms with Crippen LogP contribution in [0.1, 0.15) is 33.1 Å². The fourth-order valence-corrected chi connectivity index (χ4v) is 2.26. The van der Waals surface area contributed by atoms with E-state index in [0.29, 0.717) is 32.5 Å². The number of carboxylic acids is 1. The van der Waals surface area contributed by atoms with Gasteiger partial charge >= 0.3 is 5.97 Å². The maximum absolute atomic E-state index is 12.4. The number of nitrogens with two attached hydrogens (primary N) is 1. The summed E-state index contributed by atoms with van der Waals surface area (Å²) < 4.78 is 5.25. The number of amides is 1. The van der Waals surface area contributed by atoms with E-state index in [2.05, 4.69) is 5.32 Å². The van der Waals surface area contributed by atoms with Gasteiger partial charge in [0.1, 0.15) is 6.04 Å². The molecule has 6 heteroatoms. The van der Waals surface area contributed by atoms with E-state index in [1.807, 2.05) is 13.8 Å². The minimum atomic E-state index is -0.998. The summed E-state index contributed by atoms with van der Waals surface area (Å²) in [6.45, 7) is 4.92. The summed E-state index contributed by atoms with van der Waals surface area (Å²) in [6, 6.07) is -0.858. The van der Waals surface area contributed by atoms with E-state index in [-0.39, 0.29) is 18.4 Å². The second-order valence-electron chi connectivity index (χ2n) is 5.27. The number of rotatable bonds is 6. The van der Waals surface area contributed by atoms with Crippen LogP contribution in [-0.4, -0.2) is 42.8 Å². The zero-order valence-corrected chi connectivity index (χ0v) is 11.6. The van der Waals surface area contributed by atoms with E-state index in [1.165, 1.54) is 0 Å². The summed E-state index contributed by atoms with van der Waals surface area (Å²) >= 11 is 0. The Kier molecular flexibility index (Phi) is 5.75. The highest BCUT2D eigenvalue weighted by molar-refractivity contribution is 5.87. The van der Waals surface area contributed by atoms with Gasteiger partial charge in [-0.15, -0.1) is 0 Å². The van der Waals surface area contributed by atoms with Crippen LogP contribution in [0.2, 0.25) is 0 Å². The summed E-state index contributed by atoms with van der Waals surface area (Å²) in [5.41, 5.74) is 5.05. The van der Waals surface area contributed by atoms with Gasteiger partial charge < -0.3 is 20.9 Å². The van der Waals surface area contributed by atoms with Crippen molar-refractivity contribution in [1.82, 2.24) is 5.32 Å². The predicted molar refractivity (Wildman–Crippen MR) is 70.6 cm³/mol. The highest BCUT2D eigenvalue weighted by Crippen LogP contribution is 2.30. The Morgan fingerprint density at radius 1 is 1.42 bits per heavy atom. The molecule has 2 atom stereocenters. The van der Waals surface area contributed by atoms with Crippen molar-refractivity contribution in [3.05, 3.63) is 0 Å². The molecule has 1 amide bonds. The van der Waals surface area contributed by atoms with Crippen molar-refractivity contribution in [2.24, 2.45) is 17.1 Å². The number of hydrogen-bond donors (Lipinski definition) is 3. The first kappa shape index (κ1) is 15.9. The Morgan fingerprint density at radius 3 is 2.42 bits per heavy atom. The minimum absolute atomic E-state index is 0.115. The lowest BCUT2D eigenvalue weighted by atomic mass is 9.79. The first-order valence-electron chi connectivity index (χ1n) is 6.78. The van der Waals surface area contributed by atoms with Crippen LogP contribution in [0.5, 0.6) is 0 Å². The molecule has 2 unspecified atom stereocenters. The second-order valence-corrected chi connectivity index (χ2v) is 5.27. The zero-order valence-electron chi connectivity index (χ0n) is 11.6. The Morgan fingerprint density at radius 2 is 2.00 bits per heavy atom. The molecule has 4 N–H and O–H groups in total. The highest BCUT2D eigenvalue weighted by atomic mass is 16.5. The van der Waals surface area contributed by atoms with Crippen molar-refractivity contribution < 1.29 is 19.4 Å². The lowest BCUT2D eigenvalue weighted by Crippen LogP contribution is -2.55. The number of nitrogens with one attached hydrogen (secondary N) is 1. The summed E-state index contributed by atoms with van der Waals surface area (Å²) in [6.07, 6.45) is 1.78. The van der Waals surface area contributed by atoms with E-state index in [0.717, 1.165) is 0 Å². The molecule has 1 fully saturated rings. The molecule has 1 rings (SSSR count). The highest BCUT2D eigenvalue weighted by Gasteiger charge is 2.41. The van der Waals surface area contributed by atoms with E-state index in [9.17, 15) is 14.7 Å². The first-order valence-corrected chi connectivity index (χ1v) is 6.78. The van der Waals surface area contributed by atoms with Gasteiger partial charge in [0, 0.05) is 19.8 Å². The molecule has 6 nitrogen and oxygen atoms in total. The molecule has 0 aromatic rings. The summed E-state index contributed by atoms with van der Waals surface area (Å²) in [7, 11) is 0. The van der Waals surface area contributed by atoms with Gasteiger partial charge in [-0.2, -0.15) is 0 Å². The van der Waals surface area contributed by atoms with E-state index in [4.69, 9.17) is 10.5 Å². The zero-order chi connectivity index (χ0) is 14.5. The standard InChI is InChI=1S/C13H24N2O4/c1-3-9(2)10(11(16)17)15-12(18)13(8-14)4-6-19-7-5-13/h9-10H,3-8,14H2,1-2H3,(H,15,18)(H,16,17). The third-order valence-electron chi connectivity index (χ3n) is 4.09. The van der Waals surface area contributed by atoms with Gasteiger partial charge in [0.25, 0.3) is 0 Å². The topological polar surface area (TPSA) is 102 Å². The van der Waals surface area contributed by atoms with Crippen LogP contribution >= 0.6 is 0 Å². The van der Waals surface area contributed by atoms with Crippen LogP contribution in [0.25, 0.3) is 0 Å². The van der Waals surface area contributed by atoms with Crippen molar-refractivity contribution in [3.63, 3.8) is 0 Å². The molecule has 110 valence electrons. The molecule has 1 heterocycles. The smallest absolute Gasteiger partial charge is 0.326 e. The molecule has 0 saturated carbocycles. The van der Waals surface area contributed by atoms with E-state index < -0.39 is 17.4 Å². The lowest BCUT2D eigenvalue weighted by Gasteiger charge is -2.36. The van der Waals surface area contributed by atoms with Crippen molar-refractivity contribution >= 4 is 11.9 Å². The van der Waals surface area contributed by atoms with Crippen LogP contribution in [0.4, 0.5) is 0 Å². The van der Waals surface area contributed by atoms with Gasteiger partial charge in [0.15, 0.2) is 0 Å². The van der Waals surface area contributed by atoms with Crippen molar-refractivity contribution in [1.29, 1.82) is 0 Å². The van der Waals surface area contributed by atoms with Crippen molar-refractivity contribution in [3.8, 4) is 0 Å². The van der Waals surface area contributed by atoms with Crippen LogP contribution in [-0.2, 0) is 14.3 Å². The fourth-order valence-electron chi connectivity index (χ4n) is 2.26. The number of aliphatic carboxylic acids is 1. The minimum Gasteiger partial charge on any atom is -0.480 e. The summed E-state index contributed by atoms with van der Waals surface area (Å²) in [5.74, 6) is -1.37. The molecule has 1 aliphatic heterocycles. The Hall–Kier alpha value is -1.14. The Balaban J connectivity index is 2.77. The molecule has 0 aromatic carbocycles. The molecule has 1 saturated heterocycles. The van der Waals surface area contributed by atoms with Crippen LogP contribution in [0.3, 0.4) is 0 Å². The van der Waals surface area contributed by atoms with Gasteiger partial charge in [0.05, 0.1) is 5.41 Å². The molecular weight excluding hydrogens is 248 g/mol. The third kappa shape index (κ3) is 3.67. The number of carboxylic acid groups (broad SMARTS) is 1. The molecule has 0 aliphatic carbocycles. The molecular formula is C13H24N2O4. The number of ether oxygens (including phenoxy) is 1. The number of carbonyl (C=O) groups excluding carboxylic acids is 1. The quantitative estimate of drug-likeness (QED) is 0.648. The molecule has 0 aromatic heterocycles. The average Bonchev–Trinajstić information content (AvgIpc) is 2.43. The van der Waals surface area contributed by atoms with Crippen molar-refractivity contribution in [2.75, 3.05) is 19.8 Å². The van der Waals surface area contributed by atoms with Gasteiger partial charge in [0.2, 0.25) is 5.91 Å². The van der Waals surface area contributed by atoms with E-state index in [1.54, 1.807) is 0 Å².